The van der Waals surface area contributed by atoms with E-state index in [1.807, 2.05) is 0 Å². The van der Waals surface area contributed by atoms with Gasteiger partial charge in [0.2, 0.25) is 0 Å². The Hall–Kier alpha value is -1.39. The smallest absolute Gasteiger partial charge is 0.337 e. The number of carboxylic acids is 1. The fraction of sp³-hybridized carbons (Fsp3) is 0.462. The van der Waals surface area contributed by atoms with Gasteiger partial charge in [0, 0.05) is 0 Å². The Morgan fingerprint density at radius 3 is 2.24 bits per heavy atom. The molecule has 0 radical (unpaired) electrons. The molecule has 0 saturated carbocycles. The van der Waals surface area contributed by atoms with Gasteiger partial charge < -0.3 is 15.3 Å². The molecule has 3 N–H and O–H groups in total. The lowest BCUT2D eigenvalue weighted by atomic mass is 9.97. The SMILES string of the molecule is CC(C)(O)CCc1ccc(C(O)C(=O)O)cc1. The second-order valence-electron chi connectivity index (χ2n) is 4.79. The van der Waals surface area contributed by atoms with Crippen LogP contribution >= 0.6 is 0 Å². The third-order valence-corrected chi connectivity index (χ3v) is 2.55. The quantitative estimate of drug-likeness (QED) is 0.726. The Morgan fingerprint density at radius 2 is 1.82 bits per heavy atom. The number of aliphatic carboxylic acids is 1. The van der Waals surface area contributed by atoms with Crippen molar-refractivity contribution in [1.29, 1.82) is 0 Å². The number of aryl methyl sites for hydroxylation is 1. The lowest BCUT2D eigenvalue weighted by Gasteiger charge is -2.16. The molecule has 1 aromatic carbocycles. The fourth-order valence-corrected chi connectivity index (χ4v) is 1.46. The van der Waals surface area contributed by atoms with Gasteiger partial charge >= 0.3 is 5.97 Å². The van der Waals surface area contributed by atoms with E-state index in [-0.39, 0.29) is 0 Å². The summed E-state index contributed by atoms with van der Waals surface area (Å²) in [6, 6.07) is 6.73. The van der Waals surface area contributed by atoms with Gasteiger partial charge in [-0.1, -0.05) is 24.3 Å². The topological polar surface area (TPSA) is 77.8 Å². The van der Waals surface area contributed by atoms with Gasteiger partial charge in [0.25, 0.3) is 0 Å². The summed E-state index contributed by atoms with van der Waals surface area (Å²) >= 11 is 0. The van der Waals surface area contributed by atoms with E-state index in [1.165, 1.54) is 0 Å². The van der Waals surface area contributed by atoms with Crippen LogP contribution in [0.4, 0.5) is 0 Å². The lowest BCUT2D eigenvalue weighted by molar-refractivity contribution is -0.146. The molecule has 0 bridgehead atoms. The van der Waals surface area contributed by atoms with Crippen molar-refractivity contribution >= 4 is 5.97 Å². The van der Waals surface area contributed by atoms with Gasteiger partial charge in [-0.25, -0.2) is 4.79 Å². The second kappa shape index (κ2) is 5.29. The number of benzene rings is 1. The van der Waals surface area contributed by atoms with Crippen LogP contribution in [0.15, 0.2) is 24.3 Å². The Bertz CT molecular complexity index is 375. The molecule has 4 nitrogen and oxygen atoms in total. The predicted molar refractivity (Wildman–Crippen MR) is 63.7 cm³/mol. The second-order valence-corrected chi connectivity index (χ2v) is 4.79. The van der Waals surface area contributed by atoms with Crippen molar-refractivity contribution in [3.05, 3.63) is 35.4 Å². The van der Waals surface area contributed by atoms with Gasteiger partial charge in [0.15, 0.2) is 6.10 Å². The molecule has 0 aliphatic rings. The predicted octanol–water partition coefficient (Wildman–Crippen LogP) is 1.51. The van der Waals surface area contributed by atoms with Crippen LogP contribution < -0.4 is 0 Å². The minimum Gasteiger partial charge on any atom is -0.479 e. The first-order valence-electron chi connectivity index (χ1n) is 5.52. The molecule has 0 spiro atoms. The molecule has 0 aromatic heterocycles. The van der Waals surface area contributed by atoms with Crippen molar-refractivity contribution in [3.8, 4) is 0 Å². The van der Waals surface area contributed by atoms with Crippen molar-refractivity contribution in [2.24, 2.45) is 0 Å². The zero-order valence-electron chi connectivity index (χ0n) is 10.1. The Kier molecular flexibility index (Phi) is 4.26. The van der Waals surface area contributed by atoms with Gasteiger partial charge in [0.05, 0.1) is 5.60 Å². The normalized spacial score (nSPS) is 13.4. The number of aliphatic hydroxyl groups is 2. The average Bonchev–Trinajstić information content (AvgIpc) is 2.25. The van der Waals surface area contributed by atoms with Crippen molar-refractivity contribution in [3.63, 3.8) is 0 Å². The Balaban J connectivity index is 2.65. The Labute approximate surface area is 101 Å². The molecular formula is C13H18O4. The van der Waals surface area contributed by atoms with Crippen molar-refractivity contribution in [2.45, 2.75) is 38.4 Å². The molecule has 1 aromatic rings. The maximum atomic E-state index is 10.6. The molecule has 0 amide bonds. The van der Waals surface area contributed by atoms with Crippen LogP contribution in [0.5, 0.6) is 0 Å². The highest BCUT2D eigenvalue weighted by molar-refractivity contribution is 5.73. The molecule has 1 rings (SSSR count). The van der Waals surface area contributed by atoms with Gasteiger partial charge in [-0.05, 0) is 37.8 Å². The first-order valence-corrected chi connectivity index (χ1v) is 5.52. The summed E-state index contributed by atoms with van der Waals surface area (Å²) in [6.45, 7) is 3.49. The highest BCUT2D eigenvalue weighted by atomic mass is 16.4. The third kappa shape index (κ3) is 4.54. The molecule has 4 heteroatoms. The van der Waals surface area contributed by atoms with Gasteiger partial charge in [-0.2, -0.15) is 0 Å². The molecule has 0 aliphatic heterocycles. The Morgan fingerprint density at radius 1 is 1.29 bits per heavy atom. The summed E-state index contributed by atoms with van der Waals surface area (Å²) in [5, 5.41) is 27.5. The van der Waals surface area contributed by atoms with Crippen LogP contribution in [0.2, 0.25) is 0 Å². The number of rotatable bonds is 5. The molecule has 0 saturated heterocycles. The van der Waals surface area contributed by atoms with Gasteiger partial charge in [-0.3, -0.25) is 0 Å². The van der Waals surface area contributed by atoms with Crippen LogP contribution in [-0.2, 0) is 11.2 Å². The molecule has 0 heterocycles. The minimum absolute atomic E-state index is 0.365. The zero-order valence-corrected chi connectivity index (χ0v) is 10.1. The largest absolute Gasteiger partial charge is 0.479 e. The maximum Gasteiger partial charge on any atom is 0.337 e. The third-order valence-electron chi connectivity index (χ3n) is 2.55. The van der Waals surface area contributed by atoms with Crippen LogP contribution in [0.25, 0.3) is 0 Å². The van der Waals surface area contributed by atoms with Crippen molar-refractivity contribution < 1.29 is 20.1 Å². The fourth-order valence-electron chi connectivity index (χ4n) is 1.46. The van der Waals surface area contributed by atoms with Crippen LogP contribution in [-0.4, -0.2) is 26.9 Å². The first kappa shape index (κ1) is 13.7. The van der Waals surface area contributed by atoms with E-state index >= 15 is 0 Å². The number of hydrogen-bond donors (Lipinski definition) is 3. The molecule has 1 unspecified atom stereocenters. The molecular weight excluding hydrogens is 220 g/mol. The summed E-state index contributed by atoms with van der Waals surface area (Å²) in [6.07, 6.45) is -0.126. The van der Waals surface area contributed by atoms with Crippen molar-refractivity contribution in [1.82, 2.24) is 0 Å². The van der Waals surface area contributed by atoms with Crippen LogP contribution in [0.3, 0.4) is 0 Å². The molecule has 1 atom stereocenters. The van der Waals surface area contributed by atoms with Crippen LogP contribution in [0.1, 0.15) is 37.5 Å². The van der Waals surface area contributed by atoms with E-state index in [4.69, 9.17) is 5.11 Å². The summed E-state index contributed by atoms with van der Waals surface area (Å²) < 4.78 is 0. The number of hydrogen-bond acceptors (Lipinski definition) is 3. The summed E-state index contributed by atoms with van der Waals surface area (Å²) in [4.78, 5) is 10.6. The van der Waals surface area contributed by atoms with E-state index < -0.39 is 17.7 Å². The summed E-state index contributed by atoms with van der Waals surface area (Å²) in [7, 11) is 0. The summed E-state index contributed by atoms with van der Waals surface area (Å²) in [5.41, 5.74) is 0.664. The number of aliphatic hydroxyl groups excluding tert-OH is 1. The minimum atomic E-state index is -1.47. The van der Waals surface area contributed by atoms with Gasteiger partial charge in [0.1, 0.15) is 0 Å². The van der Waals surface area contributed by atoms with E-state index in [9.17, 15) is 15.0 Å². The van der Waals surface area contributed by atoms with E-state index in [2.05, 4.69) is 0 Å². The molecule has 0 fully saturated rings. The number of carboxylic acid groups (broad SMARTS) is 1. The standard InChI is InChI=1S/C13H18O4/c1-13(2,17)8-7-9-3-5-10(6-4-9)11(14)12(15)16/h3-6,11,14,17H,7-8H2,1-2H3,(H,15,16). The van der Waals surface area contributed by atoms with Gasteiger partial charge in [-0.15, -0.1) is 0 Å². The van der Waals surface area contributed by atoms with E-state index in [0.717, 1.165) is 5.56 Å². The summed E-state index contributed by atoms with van der Waals surface area (Å²) in [5.74, 6) is -1.26. The number of carbonyl (C=O) groups is 1. The molecule has 0 aliphatic carbocycles. The zero-order chi connectivity index (χ0) is 13.1. The van der Waals surface area contributed by atoms with E-state index in [0.29, 0.717) is 18.4 Å². The average molecular weight is 238 g/mol. The van der Waals surface area contributed by atoms with E-state index in [1.54, 1.807) is 38.1 Å². The first-order chi connectivity index (χ1) is 7.79. The highest BCUT2D eigenvalue weighted by Gasteiger charge is 2.16. The molecule has 17 heavy (non-hydrogen) atoms. The monoisotopic (exact) mass is 238 g/mol. The highest BCUT2D eigenvalue weighted by Crippen LogP contribution is 2.17. The maximum absolute atomic E-state index is 10.6. The lowest BCUT2D eigenvalue weighted by Crippen LogP contribution is -2.19. The van der Waals surface area contributed by atoms with Crippen molar-refractivity contribution in [2.75, 3.05) is 0 Å². The van der Waals surface area contributed by atoms with Crippen LogP contribution in [0, 0.1) is 0 Å². The molecule has 94 valence electrons.